The molecule has 0 aliphatic rings. The van der Waals surface area contributed by atoms with E-state index in [1.807, 2.05) is 31.2 Å². The van der Waals surface area contributed by atoms with Crippen LogP contribution in [0.4, 0.5) is 5.95 Å². The number of anilines is 1. The lowest BCUT2D eigenvalue weighted by Crippen LogP contribution is -2.10. The minimum atomic E-state index is 0.116. The van der Waals surface area contributed by atoms with Crippen molar-refractivity contribution in [3.05, 3.63) is 40.1 Å². The number of benzene rings is 1. The molecule has 0 radical (unpaired) electrons. The molecule has 2 aromatic rings. The third-order valence-corrected chi connectivity index (χ3v) is 3.05. The summed E-state index contributed by atoms with van der Waals surface area (Å²) in [5.41, 5.74) is 1.18. The minimum Gasteiger partial charge on any atom is -0.463 e. The van der Waals surface area contributed by atoms with Crippen LogP contribution < -0.4 is 10.1 Å². The fraction of sp³-hybridized carbons (Fsp3) is 0.357. The molecule has 0 aliphatic carbocycles. The Hall–Kier alpha value is -1.59. The maximum Gasteiger partial charge on any atom is 0.322 e. The van der Waals surface area contributed by atoms with Gasteiger partial charge in [-0.15, -0.1) is 0 Å². The van der Waals surface area contributed by atoms with E-state index in [1.54, 1.807) is 0 Å². The average molecular weight is 327 g/mol. The maximum atomic E-state index is 5.85. The molecule has 21 heavy (non-hydrogen) atoms. The predicted molar refractivity (Wildman–Crippen MR) is 84.3 cm³/mol. The summed E-state index contributed by atoms with van der Waals surface area (Å²) in [5.74, 6) is 0.412. The van der Waals surface area contributed by atoms with Crippen molar-refractivity contribution in [3.63, 3.8) is 0 Å². The molecule has 0 unspecified atom stereocenters. The van der Waals surface area contributed by atoms with Gasteiger partial charge in [-0.3, -0.25) is 0 Å². The lowest BCUT2D eigenvalue weighted by Gasteiger charge is -2.07. The Morgan fingerprint density at radius 1 is 1.10 bits per heavy atom. The quantitative estimate of drug-likeness (QED) is 0.842. The van der Waals surface area contributed by atoms with Crippen molar-refractivity contribution in [2.75, 3.05) is 18.5 Å². The van der Waals surface area contributed by atoms with Crippen LogP contribution in [-0.2, 0) is 6.42 Å². The molecule has 7 heteroatoms. The molecule has 0 saturated heterocycles. The van der Waals surface area contributed by atoms with Crippen molar-refractivity contribution in [3.8, 4) is 6.01 Å². The van der Waals surface area contributed by atoms with Crippen molar-refractivity contribution in [2.45, 2.75) is 19.8 Å². The van der Waals surface area contributed by atoms with Gasteiger partial charge in [-0.05, 0) is 42.1 Å². The van der Waals surface area contributed by atoms with Gasteiger partial charge in [0.25, 0.3) is 0 Å². The van der Waals surface area contributed by atoms with Crippen LogP contribution in [0.2, 0.25) is 10.3 Å². The maximum absolute atomic E-state index is 5.85. The minimum absolute atomic E-state index is 0.116. The monoisotopic (exact) mass is 326 g/mol. The first-order chi connectivity index (χ1) is 10.2. The summed E-state index contributed by atoms with van der Waals surface area (Å²) >= 11 is 11.7. The van der Waals surface area contributed by atoms with Crippen molar-refractivity contribution in [1.82, 2.24) is 15.0 Å². The number of ether oxygens (including phenoxy) is 1. The summed E-state index contributed by atoms with van der Waals surface area (Å²) in [7, 11) is 0. The van der Waals surface area contributed by atoms with Gasteiger partial charge >= 0.3 is 6.01 Å². The lowest BCUT2D eigenvalue weighted by atomic mass is 10.1. The zero-order valence-electron chi connectivity index (χ0n) is 11.6. The molecule has 1 heterocycles. The third-order valence-electron chi connectivity index (χ3n) is 2.63. The molecule has 0 fully saturated rings. The van der Waals surface area contributed by atoms with Crippen LogP contribution in [-0.4, -0.2) is 28.1 Å². The van der Waals surface area contributed by atoms with Crippen LogP contribution in [0.15, 0.2) is 24.3 Å². The van der Waals surface area contributed by atoms with Gasteiger partial charge in [0, 0.05) is 11.6 Å². The van der Waals surface area contributed by atoms with E-state index in [2.05, 4.69) is 20.3 Å². The molecule has 112 valence electrons. The molecular weight excluding hydrogens is 311 g/mol. The van der Waals surface area contributed by atoms with Crippen molar-refractivity contribution in [2.24, 2.45) is 0 Å². The summed E-state index contributed by atoms with van der Waals surface area (Å²) in [6.45, 7) is 3.23. The zero-order chi connectivity index (χ0) is 15.1. The van der Waals surface area contributed by atoms with Crippen LogP contribution in [0.1, 0.15) is 18.9 Å². The molecule has 0 spiro atoms. The van der Waals surface area contributed by atoms with E-state index >= 15 is 0 Å². The molecule has 0 aliphatic heterocycles. The number of nitrogens with zero attached hydrogens (tertiary/aromatic N) is 3. The fourth-order valence-corrected chi connectivity index (χ4v) is 1.92. The number of rotatable bonds is 7. The van der Waals surface area contributed by atoms with E-state index in [4.69, 9.17) is 27.9 Å². The molecule has 1 N–H and O–H groups in total. The number of halogens is 2. The second-order valence-corrected chi connectivity index (χ2v) is 5.14. The zero-order valence-corrected chi connectivity index (χ0v) is 13.2. The van der Waals surface area contributed by atoms with Gasteiger partial charge in [0.05, 0.1) is 6.61 Å². The Balaban J connectivity index is 1.90. The SMILES string of the molecule is CCCOc1nc(Cl)nc(NCCc2ccc(Cl)cc2)n1. The molecule has 0 bridgehead atoms. The van der Waals surface area contributed by atoms with Crippen molar-refractivity contribution >= 4 is 29.2 Å². The first kappa shape index (κ1) is 15.8. The Morgan fingerprint density at radius 3 is 2.57 bits per heavy atom. The summed E-state index contributed by atoms with van der Waals surface area (Å²) in [6.07, 6.45) is 1.70. The Bertz CT molecular complexity index is 578. The first-order valence-corrected chi connectivity index (χ1v) is 7.45. The summed E-state index contributed by atoms with van der Waals surface area (Å²) in [6, 6.07) is 7.95. The Morgan fingerprint density at radius 2 is 1.86 bits per heavy atom. The van der Waals surface area contributed by atoms with Gasteiger partial charge in [-0.25, -0.2) is 0 Å². The second kappa shape index (κ2) is 8.00. The van der Waals surface area contributed by atoms with E-state index < -0.39 is 0 Å². The smallest absolute Gasteiger partial charge is 0.322 e. The lowest BCUT2D eigenvalue weighted by molar-refractivity contribution is 0.291. The van der Waals surface area contributed by atoms with Gasteiger partial charge in [0.15, 0.2) is 0 Å². The van der Waals surface area contributed by atoms with Gasteiger partial charge in [0.2, 0.25) is 11.2 Å². The van der Waals surface area contributed by atoms with Crippen LogP contribution in [0.3, 0.4) is 0 Å². The van der Waals surface area contributed by atoms with Gasteiger partial charge in [-0.1, -0.05) is 30.7 Å². The fourth-order valence-electron chi connectivity index (χ4n) is 1.64. The number of hydrogen-bond donors (Lipinski definition) is 1. The highest BCUT2D eigenvalue weighted by molar-refractivity contribution is 6.30. The molecule has 1 aromatic carbocycles. The molecule has 5 nitrogen and oxygen atoms in total. The summed E-state index contributed by atoms with van der Waals surface area (Å²) in [4.78, 5) is 12.1. The van der Waals surface area contributed by atoms with E-state index in [9.17, 15) is 0 Å². The molecule has 0 atom stereocenters. The number of nitrogens with one attached hydrogen (secondary N) is 1. The molecule has 1 aromatic heterocycles. The van der Waals surface area contributed by atoms with Crippen LogP contribution in [0.5, 0.6) is 6.01 Å². The van der Waals surface area contributed by atoms with E-state index in [0.29, 0.717) is 19.1 Å². The standard InChI is InChI=1S/C14H16Cl2N4O/c1-2-9-21-14-19-12(16)18-13(20-14)17-8-7-10-3-5-11(15)6-4-10/h3-6H,2,7-9H2,1H3,(H,17,18,19,20). The van der Waals surface area contributed by atoms with Crippen LogP contribution in [0, 0.1) is 0 Å². The van der Waals surface area contributed by atoms with Gasteiger partial charge in [0.1, 0.15) is 0 Å². The largest absolute Gasteiger partial charge is 0.463 e. The van der Waals surface area contributed by atoms with E-state index in [1.165, 1.54) is 5.56 Å². The molecule has 2 rings (SSSR count). The summed E-state index contributed by atoms with van der Waals surface area (Å²) in [5, 5.41) is 3.95. The van der Waals surface area contributed by atoms with E-state index in [0.717, 1.165) is 17.9 Å². The number of hydrogen-bond acceptors (Lipinski definition) is 5. The van der Waals surface area contributed by atoms with E-state index in [-0.39, 0.29) is 11.3 Å². The average Bonchev–Trinajstić information content (AvgIpc) is 2.47. The van der Waals surface area contributed by atoms with Crippen molar-refractivity contribution in [1.29, 1.82) is 0 Å². The predicted octanol–water partition coefficient (Wildman–Crippen LogP) is 3.62. The topological polar surface area (TPSA) is 59.9 Å². The molecule has 0 saturated carbocycles. The summed E-state index contributed by atoms with van der Waals surface area (Å²) < 4.78 is 5.35. The van der Waals surface area contributed by atoms with Crippen LogP contribution in [0.25, 0.3) is 0 Å². The Kier molecular flexibility index (Phi) is 6.02. The highest BCUT2D eigenvalue weighted by atomic mass is 35.5. The first-order valence-electron chi connectivity index (χ1n) is 6.70. The van der Waals surface area contributed by atoms with Crippen LogP contribution >= 0.6 is 23.2 Å². The molecular formula is C14H16Cl2N4O. The second-order valence-electron chi connectivity index (χ2n) is 4.36. The normalized spacial score (nSPS) is 10.4. The van der Waals surface area contributed by atoms with Crippen molar-refractivity contribution < 1.29 is 4.74 Å². The van der Waals surface area contributed by atoms with Gasteiger partial charge in [-0.2, -0.15) is 15.0 Å². The van der Waals surface area contributed by atoms with Gasteiger partial charge < -0.3 is 10.1 Å². The number of aromatic nitrogens is 3. The highest BCUT2D eigenvalue weighted by Gasteiger charge is 2.05. The molecule has 0 amide bonds. The highest BCUT2D eigenvalue weighted by Crippen LogP contribution is 2.13. The Labute approximate surface area is 133 Å². The third kappa shape index (κ3) is 5.36.